The van der Waals surface area contributed by atoms with Crippen LogP contribution >= 0.6 is 0 Å². The largest absolute Gasteiger partial charge is 0.505 e. The van der Waals surface area contributed by atoms with Crippen LogP contribution in [0.5, 0.6) is 5.75 Å². The number of phenols is 1. The molecular weight excluding hydrogens is 400 g/mol. The van der Waals surface area contributed by atoms with Crippen molar-refractivity contribution >= 4 is 23.4 Å². The average Bonchev–Trinajstić information content (AvgIpc) is 3.35. The molecule has 0 fully saturated rings. The number of hydrogen-bond donors (Lipinski definition) is 3. The minimum Gasteiger partial charge on any atom is -0.505 e. The minimum atomic E-state index is -0.520. The van der Waals surface area contributed by atoms with Gasteiger partial charge in [0.2, 0.25) is 0 Å². The third-order valence-electron chi connectivity index (χ3n) is 5.03. The molecule has 9 heteroatoms. The number of furan rings is 1. The number of nitrogens with zero attached hydrogens (tertiary/aromatic N) is 2. The van der Waals surface area contributed by atoms with Crippen molar-refractivity contribution in [2.75, 3.05) is 26.0 Å². The normalized spacial score (nSPS) is 14.8. The fourth-order valence-corrected chi connectivity index (χ4v) is 3.34. The van der Waals surface area contributed by atoms with Crippen LogP contribution in [0.15, 0.2) is 52.4 Å². The maximum Gasteiger partial charge on any atom is 0.279 e. The van der Waals surface area contributed by atoms with Gasteiger partial charge in [-0.1, -0.05) is 13.0 Å². The first-order valence-corrected chi connectivity index (χ1v) is 10.0. The Kier molecular flexibility index (Phi) is 6.33. The van der Waals surface area contributed by atoms with Crippen molar-refractivity contribution in [1.29, 1.82) is 0 Å². The van der Waals surface area contributed by atoms with Crippen LogP contribution in [-0.2, 0) is 9.59 Å². The van der Waals surface area contributed by atoms with E-state index in [1.807, 2.05) is 6.92 Å². The lowest BCUT2D eigenvalue weighted by Gasteiger charge is -2.18. The summed E-state index contributed by atoms with van der Waals surface area (Å²) in [5.41, 5.74) is 0.309. The zero-order chi connectivity index (χ0) is 22.7. The van der Waals surface area contributed by atoms with E-state index in [9.17, 15) is 19.5 Å². The summed E-state index contributed by atoms with van der Waals surface area (Å²) in [7, 11) is 3.15. The Morgan fingerprint density at radius 2 is 1.84 bits per heavy atom. The molecule has 0 radical (unpaired) electrons. The fourth-order valence-electron chi connectivity index (χ4n) is 3.34. The van der Waals surface area contributed by atoms with Gasteiger partial charge in [0.25, 0.3) is 17.7 Å². The smallest absolute Gasteiger partial charge is 0.279 e. The fraction of sp³-hybridized carbons (Fsp3) is 0.318. The van der Waals surface area contributed by atoms with Crippen molar-refractivity contribution in [2.45, 2.75) is 26.3 Å². The number of anilines is 1. The molecule has 1 aliphatic heterocycles. The number of para-hydroxylation sites is 1. The van der Waals surface area contributed by atoms with Gasteiger partial charge in [0.1, 0.15) is 17.2 Å². The number of likely N-dealkylation sites (N-methyl/N-ethyl adjacent to an activating group) is 1. The van der Waals surface area contributed by atoms with Crippen molar-refractivity contribution in [3.05, 3.63) is 59.3 Å². The van der Waals surface area contributed by atoms with Gasteiger partial charge in [0, 0.05) is 20.6 Å². The molecule has 0 spiro atoms. The van der Waals surface area contributed by atoms with Crippen LogP contribution in [0.25, 0.3) is 0 Å². The van der Waals surface area contributed by atoms with E-state index in [1.54, 1.807) is 45.5 Å². The molecule has 164 valence electrons. The monoisotopic (exact) mass is 426 g/mol. The summed E-state index contributed by atoms with van der Waals surface area (Å²) in [5, 5.41) is 16.6. The predicted octanol–water partition coefficient (Wildman–Crippen LogP) is 2.44. The van der Waals surface area contributed by atoms with E-state index < -0.39 is 11.8 Å². The van der Waals surface area contributed by atoms with E-state index in [0.29, 0.717) is 12.2 Å². The molecule has 1 aromatic carbocycles. The molecule has 0 saturated carbocycles. The van der Waals surface area contributed by atoms with Crippen LogP contribution in [0.1, 0.15) is 42.4 Å². The van der Waals surface area contributed by atoms with Crippen LogP contribution < -0.4 is 10.6 Å². The molecule has 0 saturated heterocycles. The van der Waals surface area contributed by atoms with Gasteiger partial charge in [-0.05, 0) is 37.6 Å². The van der Waals surface area contributed by atoms with E-state index >= 15 is 0 Å². The van der Waals surface area contributed by atoms with Crippen molar-refractivity contribution in [2.24, 2.45) is 0 Å². The summed E-state index contributed by atoms with van der Waals surface area (Å²) in [6.07, 6.45) is 2.15. The zero-order valence-corrected chi connectivity index (χ0v) is 17.9. The number of amides is 3. The highest BCUT2D eigenvalue weighted by Gasteiger charge is 2.39. The van der Waals surface area contributed by atoms with Crippen molar-refractivity contribution in [3.63, 3.8) is 0 Å². The van der Waals surface area contributed by atoms with Gasteiger partial charge in [-0.25, -0.2) is 0 Å². The number of nitrogens with one attached hydrogen (secondary N) is 2. The standard InChI is InChI=1S/C22H26N4O5/c1-5-14(16-11-8-12-31-16)23-17-18(22(30)26(6-2)21(17)29)24-15-10-7-9-13(19(15)27)20(28)25(3)4/h7-12,14,23-24,27H,5-6H2,1-4H3/t14-/m1/s1. The van der Waals surface area contributed by atoms with Gasteiger partial charge in [-0.15, -0.1) is 0 Å². The summed E-state index contributed by atoms with van der Waals surface area (Å²) in [5.74, 6) is -1.05. The molecule has 0 unspecified atom stereocenters. The lowest BCUT2D eigenvalue weighted by atomic mass is 10.1. The van der Waals surface area contributed by atoms with E-state index in [1.165, 1.54) is 17.0 Å². The predicted molar refractivity (Wildman–Crippen MR) is 114 cm³/mol. The third kappa shape index (κ3) is 4.11. The number of benzene rings is 1. The Morgan fingerprint density at radius 3 is 2.42 bits per heavy atom. The topological polar surface area (TPSA) is 115 Å². The maximum absolute atomic E-state index is 12.9. The quantitative estimate of drug-likeness (QED) is 0.439. The molecule has 3 amide bonds. The average molecular weight is 426 g/mol. The first-order chi connectivity index (χ1) is 14.8. The summed E-state index contributed by atoms with van der Waals surface area (Å²) in [4.78, 5) is 40.6. The van der Waals surface area contributed by atoms with Crippen molar-refractivity contribution in [1.82, 2.24) is 15.1 Å². The molecule has 1 aliphatic rings. The number of carbonyl (C=O) groups excluding carboxylic acids is 3. The van der Waals surface area contributed by atoms with Crippen molar-refractivity contribution < 1.29 is 23.9 Å². The van der Waals surface area contributed by atoms with Gasteiger partial charge in [-0.2, -0.15) is 0 Å². The summed E-state index contributed by atoms with van der Waals surface area (Å²) < 4.78 is 5.45. The number of hydrogen-bond acceptors (Lipinski definition) is 7. The highest BCUT2D eigenvalue weighted by molar-refractivity contribution is 6.20. The first-order valence-electron chi connectivity index (χ1n) is 10.0. The molecule has 3 N–H and O–H groups in total. The molecule has 1 aromatic heterocycles. The Morgan fingerprint density at radius 1 is 1.13 bits per heavy atom. The summed E-state index contributed by atoms with van der Waals surface area (Å²) in [6, 6.07) is 7.81. The second-order valence-electron chi connectivity index (χ2n) is 7.25. The van der Waals surface area contributed by atoms with E-state index in [4.69, 9.17) is 4.42 Å². The third-order valence-corrected chi connectivity index (χ3v) is 5.03. The maximum atomic E-state index is 12.9. The van der Waals surface area contributed by atoms with Crippen LogP contribution in [0.3, 0.4) is 0 Å². The molecular formula is C22H26N4O5. The molecule has 2 aromatic rings. The molecule has 0 aliphatic carbocycles. The molecule has 2 heterocycles. The number of carbonyl (C=O) groups is 3. The van der Waals surface area contributed by atoms with Crippen LogP contribution in [0.4, 0.5) is 5.69 Å². The number of imide groups is 1. The number of rotatable bonds is 8. The lowest BCUT2D eigenvalue weighted by molar-refractivity contribution is -0.137. The van der Waals surface area contributed by atoms with Crippen LogP contribution in [0.2, 0.25) is 0 Å². The van der Waals surface area contributed by atoms with Gasteiger partial charge in [0.15, 0.2) is 5.75 Å². The second-order valence-corrected chi connectivity index (χ2v) is 7.25. The van der Waals surface area contributed by atoms with Crippen LogP contribution in [-0.4, -0.2) is 53.3 Å². The SMILES string of the molecule is CC[C@@H](NC1=C(Nc2cccc(C(=O)N(C)C)c2O)C(=O)N(CC)C1=O)c1ccco1. The Balaban J connectivity index is 2.01. The van der Waals surface area contributed by atoms with Crippen molar-refractivity contribution in [3.8, 4) is 5.75 Å². The lowest BCUT2D eigenvalue weighted by Crippen LogP contribution is -2.34. The molecule has 31 heavy (non-hydrogen) atoms. The molecule has 9 nitrogen and oxygen atoms in total. The zero-order valence-electron chi connectivity index (χ0n) is 17.9. The van der Waals surface area contributed by atoms with Gasteiger partial charge < -0.3 is 25.1 Å². The molecule has 1 atom stereocenters. The van der Waals surface area contributed by atoms with Crippen LogP contribution in [0, 0.1) is 0 Å². The van der Waals surface area contributed by atoms with Gasteiger partial charge in [-0.3, -0.25) is 19.3 Å². The second kappa shape index (κ2) is 8.95. The molecule has 0 bridgehead atoms. The van der Waals surface area contributed by atoms with E-state index in [0.717, 1.165) is 4.90 Å². The number of phenolic OH excluding ortho intramolecular Hbond substituents is 1. The minimum absolute atomic E-state index is 0.00149. The van der Waals surface area contributed by atoms with E-state index in [-0.39, 0.29) is 46.9 Å². The Labute approximate surface area is 180 Å². The number of aromatic hydroxyl groups is 1. The van der Waals surface area contributed by atoms with E-state index in [2.05, 4.69) is 10.6 Å². The summed E-state index contributed by atoms with van der Waals surface area (Å²) in [6.45, 7) is 3.82. The summed E-state index contributed by atoms with van der Waals surface area (Å²) >= 11 is 0. The van der Waals surface area contributed by atoms with Gasteiger partial charge in [0.05, 0.1) is 23.6 Å². The molecule has 3 rings (SSSR count). The Bertz CT molecular complexity index is 1030. The first kappa shape index (κ1) is 21.9. The highest BCUT2D eigenvalue weighted by atomic mass is 16.3. The Hall–Kier alpha value is -3.75. The van der Waals surface area contributed by atoms with Gasteiger partial charge >= 0.3 is 0 Å². The highest BCUT2D eigenvalue weighted by Crippen LogP contribution is 2.32.